The third kappa shape index (κ3) is 3.50. The first-order chi connectivity index (χ1) is 10.8. The fourth-order valence-electron chi connectivity index (χ4n) is 2.97. The van der Waals surface area contributed by atoms with Gasteiger partial charge in [-0.2, -0.15) is 0 Å². The minimum absolute atomic E-state index is 0.183. The maximum absolute atomic E-state index is 12.1. The van der Waals surface area contributed by atoms with Crippen LogP contribution in [0.1, 0.15) is 39.0 Å². The number of fused-ring (bicyclic) bond motifs is 1. The predicted octanol–water partition coefficient (Wildman–Crippen LogP) is 3.69. The van der Waals surface area contributed by atoms with E-state index in [4.69, 9.17) is 14.9 Å². The molecule has 0 saturated carbocycles. The van der Waals surface area contributed by atoms with Gasteiger partial charge in [0.2, 0.25) is 0 Å². The lowest BCUT2D eigenvalue weighted by atomic mass is 9.97. The summed E-state index contributed by atoms with van der Waals surface area (Å²) < 4.78 is 11.3. The van der Waals surface area contributed by atoms with E-state index in [-0.39, 0.29) is 18.1 Å². The molecule has 1 aliphatic heterocycles. The molecule has 124 valence electrons. The summed E-state index contributed by atoms with van der Waals surface area (Å²) in [6.45, 7) is 6.90. The summed E-state index contributed by atoms with van der Waals surface area (Å²) in [7, 11) is 0. The number of hydrogen-bond donors (Lipinski definition) is 1. The van der Waals surface area contributed by atoms with Crippen LogP contribution in [0.5, 0.6) is 0 Å². The fourth-order valence-corrected chi connectivity index (χ4v) is 2.97. The Morgan fingerprint density at radius 3 is 2.83 bits per heavy atom. The summed E-state index contributed by atoms with van der Waals surface area (Å²) in [5.41, 5.74) is 6.75. The van der Waals surface area contributed by atoms with Gasteiger partial charge in [0.1, 0.15) is 16.9 Å². The summed E-state index contributed by atoms with van der Waals surface area (Å²) in [4.78, 5) is 13.9. The van der Waals surface area contributed by atoms with Gasteiger partial charge in [0.25, 0.3) is 0 Å². The van der Waals surface area contributed by atoms with E-state index in [1.165, 1.54) is 0 Å². The number of amides is 1. The molecule has 1 saturated heterocycles. The van der Waals surface area contributed by atoms with E-state index in [0.717, 1.165) is 23.2 Å². The van der Waals surface area contributed by atoms with Gasteiger partial charge < -0.3 is 19.8 Å². The molecule has 1 aliphatic rings. The highest BCUT2D eigenvalue weighted by atomic mass is 16.6. The van der Waals surface area contributed by atoms with Crippen LogP contribution in [0, 0.1) is 5.92 Å². The van der Waals surface area contributed by atoms with Crippen LogP contribution >= 0.6 is 0 Å². The van der Waals surface area contributed by atoms with Crippen LogP contribution < -0.4 is 5.73 Å². The normalized spacial score (nSPS) is 20.0. The Balaban J connectivity index is 1.67. The number of ether oxygens (including phenoxy) is 1. The Kier molecular flexibility index (Phi) is 4.06. The zero-order valence-electron chi connectivity index (χ0n) is 13.9. The first-order valence-electron chi connectivity index (χ1n) is 8.05. The van der Waals surface area contributed by atoms with Crippen molar-refractivity contribution in [3.05, 3.63) is 36.1 Å². The van der Waals surface area contributed by atoms with Crippen molar-refractivity contribution in [2.45, 2.75) is 38.8 Å². The maximum Gasteiger partial charge on any atom is 0.410 e. The molecule has 0 aliphatic carbocycles. The van der Waals surface area contributed by atoms with Crippen LogP contribution in [0.3, 0.4) is 0 Å². The molecule has 23 heavy (non-hydrogen) atoms. The van der Waals surface area contributed by atoms with E-state index in [2.05, 4.69) is 0 Å². The zero-order valence-corrected chi connectivity index (χ0v) is 13.9. The Bertz CT molecular complexity index is 669. The van der Waals surface area contributed by atoms with Crippen molar-refractivity contribution in [2.24, 2.45) is 11.7 Å². The first kappa shape index (κ1) is 15.9. The van der Waals surface area contributed by atoms with E-state index < -0.39 is 5.60 Å². The monoisotopic (exact) mass is 316 g/mol. The predicted molar refractivity (Wildman–Crippen MR) is 89.1 cm³/mol. The third-order valence-electron chi connectivity index (χ3n) is 4.16. The van der Waals surface area contributed by atoms with Gasteiger partial charge in [0.15, 0.2) is 0 Å². The molecular formula is C18H24N2O3. The summed E-state index contributed by atoms with van der Waals surface area (Å²) in [6.07, 6.45) is 0.592. The lowest BCUT2D eigenvalue weighted by Crippen LogP contribution is -2.36. The van der Waals surface area contributed by atoms with Gasteiger partial charge >= 0.3 is 6.09 Å². The highest BCUT2D eigenvalue weighted by Crippen LogP contribution is 2.32. The van der Waals surface area contributed by atoms with Crippen molar-refractivity contribution < 1.29 is 13.9 Å². The van der Waals surface area contributed by atoms with Crippen molar-refractivity contribution in [3.8, 4) is 0 Å². The summed E-state index contributed by atoms with van der Waals surface area (Å²) in [5, 5.41) is 1.06. The van der Waals surface area contributed by atoms with Crippen LogP contribution in [0.25, 0.3) is 11.0 Å². The Hall–Kier alpha value is -2.01. The van der Waals surface area contributed by atoms with Crippen LogP contribution in [-0.2, 0) is 4.74 Å². The number of hydrogen-bond acceptors (Lipinski definition) is 4. The van der Waals surface area contributed by atoms with Crippen LogP contribution in [0.2, 0.25) is 0 Å². The summed E-state index contributed by atoms with van der Waals surface area (Å²) in [6, 6.07) is 9.66. The molecule has 2 aromatic rings. The van der Waals surface area contributed by atoms with Crippen LogP contribution in [0.4, 0.5) is 4.79 Å². The van der Waals surface area contributed by atoms with Crippen LogP contribution in [-0.4, -0.2) is 29.7 Å². The average molecular weight is 316 g/mol. The van der Waals surface area contributed by atoms with Gasteiger partial charge in [-0.05, 0) is 39.3 Å². The second kappa shape index (κ2) is 5.89. The number of carbonyl (C=O) groups excluding carboxylic acids is 1. The Morgan fingerprint density at radius 2 is 2.13 bits per heavy atom. The standard InChI is InChI=1S/C18H24N2O3/c1-18(2,3)23-17(21)20-9-8-13(11-20)16(19)15-10-12-6-4-5-7-14(12)22-15/h4-7,10,13,16H,8-9,11,19H2,1-3H3. The molecule has 5 heteroatoms. The minimum atomic E-state index is -0.476. The van der Waals surface area contributed by atoms with E-state index in [1.54, 1.807) is 4.90 Å². The van der Waals surface area contributed by atoms with E-state index in [0.29, 0.717) is 13.1 Å². The van der Waals surface area contributed by atoms with Gasteiger partial charge in [-0.25, -0.2) is 4.79 Å². The molecule has 1 fully saturated rings. The molecule has 2 atom stereocenters. The molecule has 0 radical (unpaired) electrons. The molecule has 1 aromatic carbocycles. The minimum Gasteiger partial charge on any atom is -0.459 e. The number of rotatable bonds is 2. The lowest BCUT2D eigenvalue weighted by Gasteiger charge is -2.25. The van der Waals surface area contributed by atoms with Crippen molar-refractivity contribution in [3.63, 3.8) is 0 Å². The van der Waals surface area contributed by atoms with Gasteiger partial charge in [-0.15, -0.1) is 0 Å². The first-order valence-corrected chi connectivity index (χ1v) is 8.05. The largest absolute Gasteiger partial charge is 0.459 e. The van der Waals surface area contributed by atoms with Gasteiger partial charge in [0.05, 0.1) is 6.04 Å². The second-order valence-electron chi connectivity index (χ2n) is 7.19. The number of benzene rings is 1. The molecule has 0 spiro atoms. The molecule has 2 unspecified atom stereocenters. The molecule has 1 aromatic heterocycles. The number of carbonyl (C=O) groups is 1. The van der Waals surface area contributed by atoms with E-state index >= 15 is 0 Å². The number of furan rings is 1. The van der Waals surface area contributed by atoms with E-state index in [9.17, 15) is 4.79 Å². The molecular weight excluding hydrogens is 292 g/mol. The second-order valence-corrected chi connectivity index (χ2v) is 7.19. The average Bonchev–Trinajstić information content (AvgIpc) is 3.11. The third-order valence-corrected chi connectivity index (χ3v) is 4.16. The Labute approximate surface area is 136 Å². The lowest BCUT2D eigenvalue weighted by molar-refractivity contribution is 0.0286. The SMILES string of the molecule is CC(C)(C)OC(=O)N1CCC(C(N)c2cc3ccccc3o2)C1. The van der Waals surface area contributed by atoms with Crippen molar-refractivity contribution in [1.82, 2.24) is 4.90 Å². The smallest absolute Gasteiger partial charge is 0.410 e. The fraction of sp³-hybridized carbons (Fsp3) is 0.500. The van der Waals surface area contributed by atoms with Crippen molar-refractivity contribution >= 4 is 17.1 Å². The maximum atomic E-state index is 12.1. The van der Waals surface area contributed by atoms with Crippen LogP contribution in [0.15, 0.2) is 34.7 Å². The number of nitrogens with zero attached hydrogens (tertiary/aromatic N) is 1. The Morgan fingerprint density at radius 1 is 1.39 bits per heavy atom. The van der Waals surface area contributed by atoms with Crippen molar-refractivity contribution in [2.75, 3.05) is 13.1 Å². The molecule has 2 heterocycles. The van der Waals surface area contributed by atoms with Gasteiger partial charge in [-0.3, -0.25) is 0 Å². The molecule has 1 amide bonds. The molecule has 3 rings (SSSR count). The van der Waals surface area contributed by atoms with E-state index in [1.807, 2.05) is 51.1 Å². The molecule has 0 bridgehead atoms. The topological polar surface area (TPSA) is 68.7 Å². The quantitative estimate of drug-likeness (QED) is 0.917. The molecule has 5 nitrogen and oxygen atoms in total. The zero-order chi connectivity index (χ0) is 16.6. The number of nitrogens with two attached hydrogens (primary N) is 1. The highest BCUT2D eigenvalue weighted by molar-refractivity contribution is 5.77. The van der Waals surface area contributed by atoms with Crippen molar-refractivity contribution in [1.29, 1.82) is 0 Å². The van der Waals surface area contributed by atoms with Gasteiger partial charge in [0, 0.05) is 24.4 Å². The molecule has 2 N–H and O–H groups in total. The summed E-state index contributed by atoms with van der Waals surface area (Å²) in [5.74, 6) is 0.963. The number of para-hydroxylation sites is 1. The van der Waals surface area contributed by atoms with Gasteiger partial charge in [-0.1, -0.05) is 18.2 Å². The summed E-state index contributed by atoms with van der Waals surface area (Å²) >= 11 is 0. The number of likely N-dealkylation sites (tertiary alicyclic amines) is 1. The highest BCUT2D eigenvalue weighted by Gasteiger charge is 2.34.